The van der Waals surface area contributed by atoms with E-state index in [1.807, 2.05) is 6.92 Å². The highest BCUT2D eigenvalue weighted by atomic mass is 32.2. The predicted molar refractivity (Wildman–Crippen MR) is 86.6 cm³/mol. The Labute approximate surface area is 130 Å². The normalized spacial score (nSPS) is 11.0. The standard InChI is InChI=1S/C16H18N2O3S/c1-11-7-9-13(10-8-11)22(20,21)18-15-6-4-5-14(12(15)2)16(19)17-3/h4-10,18H,1-3H3,(H,17,19). The molecule has 0 radical (unpaired) electrons. The van der Waals surface area contributed by atoms with Crippen molar-refractivity contribution < 1.29 is 13.2 Å². The summed E-state index contributed by atoms with van der Waals surface area (Å²) in [5, 5.41) is 2.53. The SMILES string of the molecule is CNC(=O)c1cccc(NS(=O)(=O)c2ccc(C)cc2)c1C. The lowest BCUT2D eigenvalue weighted by Crippen LogP contribution is -2.20. The summed E-state index contributed by atoms with van der Waals surface area (Å²) in [5.41, 5.74) is 2.39. The van der Waals surface area contributed by atoms with E-state index in [2.05, 4.69) is 10.0 Å². The maximum atomic E-state index is 12.4. The van der Waals surface area contributed by atoms with Gasteiger partial charge in [0.15, 0.2) is 0 Å². The quantitative estimate of drug-likeness (QED) is 0.909. The van der Waals surface area contributed by atoms with Crippen molar-refractivity contribution in [1.29, 1.82) is 0 Å². The van der Waals surface area contributed by atoms with Gasteiger partial charge in [0.05, 0.1) is 10.6 Å². The van der Waals surface area contributed by atoms with Crippen LogP contribution in [-0.4, -0.2) is 21.4 Å². The molecule has 5 nitrogen and oxygen atoms in total. The van der Waals surface area contributed by atoms with E-state index in [4.69, 9.17) is 0 Å². The van der Waals surface area contributed by atoms with E-state index in [-0.39, 0.29) is 10.8 Å². The molecule has 0 spiro atoms. The molecule has 2 aromatic rings. The summed E-state index contributed by atoms with van der Waals surface area (Å²) in [7, 11) is -2.15. The molecule has 0 aliphatic heterocycles. The third-order valence-corrected chi connectivity index (χ3v) is 4.76. The van der Waals surface area contributed by atoms with Gasteiger partial charge in [0.2, 0.25) is 0 Å². The monoisotopic (exact) mass is 318 g/mol. The third kappa shape index (κ3) is 3.28. The van der Waals surface area contributed by atoms with Crippen LogP contribution in [0.2, 0.25) is 0 Å². The Kier molecular flexibility index (Phi) is 4.51. The van der Waals surface area contributed by atoms with Gasteiger partial charge in [0, 0.05) is 12.6 Å². The number of aryl methyl sites for hydroxylation is 1. The molecule has 2 aromatic carbocycles. The summed E-state index contributed by atoms with van der Waals surface area (Å²) >= 11 is 0. The molecular formula is C16H18N2O3S. The van der Waals surface area contributed by atoms with Gasteiger partial charge < -0.3 is 5.32 Å². The number of amides is 1. The summed E-state index contributed by atoms with van der Waals surface area (Å²) in [5.74, 6) is -0.256. The van der Waals surface area contributed by atoms with Crippen molar-refractivity contribution in [1.82, 2.24) is 5.32 Å². The van der Waals surface area contributed by atoms with E-state index in [0.29, 0.717) is 16.8 Å². The zero-order chi connectivity index (χ0) is 16.3. The number of anilines is 1. The van der Waals surface area contributed by atoms with Gasteiger partial charge in [0.25, 0.3) is 15.9 Å². The molecule has 116 valence electrons. The van der Waals surface area contributed by atoms with Crippen molar-refractivity contribution in [3.8, 4) is 0 Å². The van der Waals surface area contributed by atoms with E-state index in [0.717, 1.165) is 5.56 Å². The lowest BCUT2D eigenvalue weighted by molar-refractivity contribution is 0.0962. The Balaban J connectivity index is 2.38. The third-order valence-electron chi connectivity index (χ3n) is 3.38. The zero-order valence-corrected chi connectivity index (χ0v) is 13.5. The molecular weight excluding hydrogens is 300 g/mol. The van der Waals surface area contributed by atoms with Crippen LogP contribution in [0.5, 0.6) is 0 Å². The van der Waals surface area contributed by atoms with Gasteiger partial charge >= 0.3 is 0 Å². The lowest BCUT2D eigenvalue weighted by Gasteiger charge is -2.13. The van der Waals surface area contributed by atoms with Gasteiger partial charge in [-0.2, -0.15) is 0 Å². The highest BCUT2D eigenvalue weighted by Crippen LogP contribution is 2.22. The molecule has 0 unspecified atom stereocenters. The summed E-state index contributed by atoms with van der Waals surface area (Å²) in [6, 6.07) is 11.5. The van der Waals surface area contributed by atoms with Crippen molar-refractivity contribution in [2.75, 3.05) is 11.8 Å². The Morgan fingerprint density at radius 2 is 1.64 bits per heavy atom. The second-order valence-corrected chi connectivity index (χ2v) is 6.66. The minimum Gasteiger partial charge on any atom is -0.355 e. The van der Waals surface area contributed by atoms with Gasteiger partial charge in [-0.3, -0.25) is 9.52 Å². The number of rotatable bonds is 4. The fraction of sp³-hybridized carbons (Fsp3) is 0.188. The molecule has 0 fully saturated rings. The van der Waals surface area contributed by atoms with E-state index >= 15 is 0 Å². The summed E-state index contributed by atoms with van der Waals surface area (Å²) in [6.45, 7) is 3.60. The Bertz CT molecular complexity index is 797. The molecule has 0 saturated carbocycles. The average Bonchev–Trinajstić information content (AvgIpc) is 2.49. The van der Waals surface area contributed by atoms with Crippen LogP contribution in [0.1, 0.15) is 21.5 Å². The minimum absolute atomic E-state index is 0.183. The van der Waals surface area contributed by atoms with Crippen LogP contribution in [-0.2, 0) is 10.0 Å². The molecule has 2 rings (SSSR count). The van der Waals surface area contributed by atoms with E-state index in [9.17, 15) is 13.2 Å². The number of hydrogen-bond donors (Lipinski definition) is 2. The minimum atomic E-state index is -3.68. The van der Waals surface area contributed by atoms with E-state index in [1.54, 1.807) is 49.4 Å². The molecule has 6 heteroatoms. The Morgan fingerprint density at radius 1 is 1.00 bits per heavy atom. The predicted octanol–water partition coefficient (Wildman–Crippen LogP) is 2.46. The number of benzene rings is 2. The van der Waals surface area contributed by atoms with Crippen LogP contribution in [0.3, 0.4) is 0 Å². The largest absolute Gasteiger partial charge is 0.355 e. The molecule has 0 aromatic heterocycles. The van der Waals surface area contributed by atoms with Crippen LogP contribution in [0.25, 0.3) is 0 Å². The average molecular weight is 318 g/mol. The van der Waals surface area contributed by atoms with Gasteiger partial charge in [-0.25, -0.2) is 8.42 Å². The number of sulfonamides is 1. The van der Waals surface area contributed by atoms with Gasteiger partial charge in [-0.15, -0.1) is 0 Å². The summed E-state index contributed by atoms with van der Waals surface area (Å²) in [4.78, 5) is 12.0. The van der Waals surface area contributed by atoms with Crippen LogP contribution < -0.4 is 10.0 Å². The molecule has 0 heterocycles. The molecule has 22 heavy (non-hydrogen) atoms. The number of hydrogen-bond acceptors (Lipinski definition) is 3. The van der Waals surface area contributed by atoms with Crippen LogP contribution >= 0.6 is 0 Å². The molecule has 0 bridgehead atoms. The van der Waals surface area contributed by atoms with Crippen LogP contribution in [0, 0.1) is 13.8 Å². The van der Waals surface area contributed by atoms with Crippen molar-refractivity contribution in [2.45, 2.75) is 18.7 Å². The molecule has 2 N–H and O–H groups in total. The van der Waals surface area contributed by atoms with Gasteiger partial charge in [-0.1, -0.05) is 23.8 Å². The van der Waals surface area contributed by atoms with Crippen molar-refractivity contribution in [3.05, 3.63) is 59.2 Å². The molecule has 0 aliphatic rings. The van der Waals surface area contributed by atoms with E-state index in [1.165, 1.54) is 7.05 Å². The smallest absolute Gasteiger partial charge is 0.261 e. The number of carbonyl (C=O) groups excluding carboxylic acids is 1. The first-order chi connectivity index (χ1) is 10.3. The van der Waals surface area contributed by atoms with Crippen molar-refractivity contribution >= 4 is 21.6 Å². The first-order valence-corrected chi connectivity index (χ1v) is 8.24. The maximum absolute atomic E-state index is 12.4. The summed E-state index contributed by atoms with van der Waals surface area (Å²) < 4.78 is 27.3. The molecule has 0 saturated heterocycles. The highest BCUT2D eigenvalue weighted by Gasteiger charge is 2.17. The Morgan fingerprint density at radius 3 is 2.23 bits per heavy atom. The van der Waals surface area contributed by atoms with Crippen molar-refractivity contribution in [2.24, 2.45) is 0 Å². The summed E-state index contributed by atoms with van der Waals surface area (Å²) in [6.07, 6.45) is 0. The Hall–Kier alpha value is -2.34. The van der Waals surface area contributed by atoms with Crippen molar-refractivity contribution in [3.63, 3.8) is 0 Å². The van der Waals surface area contributed by atoms with Gasteiger partial charge in [0.1, 0.15) is 0 Å². The molecule has 0 atom stereocenters. The second kappa shape index (κ2) is 6.19. The highest BCUT2D eigenvalue weighted by molar-refractivity contribution is 7.92. The fourth-order valence-electron chi connectivity index (χ4n) is 2.05. The number of nitrogens with one attached hydrogen (secondary N) is 2. The van der Waals surface area contributed by atoms with Gasteiger partial charge in [-0.05, 0) is 43.7 Å². The van der Waals surface area contributed by atoms with E-state index < -0.39 is 10.0 Å². The first-order valence-electron chi connectivity index (χ1n) is 6.76. The van der Waals surface area contributed by atoms with Crippen LogP contribution in [0.4, 0.5) is 5.69 Å². The maximum Gasteiger partial charge on any atom is 0.261 e. The first kappa shape index (κ1) is 16.0. The second-order valence-electron chi connectivity index (χ2n) is 4.98. The molecule has 0 aliphatic carbocycles. The zero-order valence-electron chi connectivity index (χ0n) is 12.7. The molecule has 1 amide bonds. The van der Waals surface area contributed by atoms with Crippen LogP contribution in [0.15, 0.2) is 47.4 Å². The fourth-order valence-corrected chi connectivity index (χ4v) is 3.17. The number of carbonyl (C=O) groups is 1. The topological polar surface area (TPSA) is 75.3 Å². The lowest BCUT2D eigenvalue weighted by atomic mass is 10.1.